The molecular formula is C21H23F3N2O4S. The monoisotopic (exact) mass is 456 g/mol. The van der Waals surface area contributed by atoms with Crippen LogP contribution in [0, 0.1) is 12.8 Å². The van der Waals surface area contributed by atoms with Crippen LogP contribution in [0.4, 0.5) is 18.9 Å². The maximum absolute atomic E-state index is 13.2. The molecule has 0 radical (unpaired) electrons. The van der Waals surface area contributed by atoms with Crippen LogP contribution < -0.4 is 10.1 Å². The minimum atomic E-state index is -4.62. The van der Waals surface area contributed by atoms with Crippen molar-refractivity contribution < 1.29 is 31.1 Å². The summed E-state index contributed by atoms with van der Waals surface area (Å²) in [5, 5.41) is 2.33. The molecule has 1 aliphatic rings. The Kier molecular flexibility index (Phi) is 6.61. The molecular weight excluding hydrogens is 433 g/mol. The second-order valence-corrected chi connectivity index (χ2v) is 9.30. The van der Waals surface area contributed by atoms with E-state index >= 15 is 0 Å². The van der Waals surface area contributed by atoms with Crippen molar-refractivity contribution in [2.24, 2.45) is 5.92 Å². The Labute approximate surface area is 179 Å². The summed E-state index contributed by atoms with van der Waals surface area (Å²) < 4.78 is 72.4. The van der Waals surface area contributed by atoms with Gasteiger partial charge in [-0.25, -0.2) is 8.42 Å². The molecule has 31 heavy (non-hydrogen) atoms. The van der Waals surface area contributed by atoms with Crippen molar-refractivity contribution in [1.29, 1.82) is 0 Å². The van der Waals surface area contributed by atoms with E-state index in [4.69, 9.17) is 4.74 Å². The number of hydrogen-bond acceptors (Lipinski definition) is 4. The minimum Gasteiger partial charge on any atom is -0.495 e. The lowest BCUT2D eigenvalue weighted by atomic mass is 9.98. The first-order valence-electron chi connectivity index (χ1n) is 9.66. The second-order valence-electron chi connectivity index (χ2n) is 7.39. The number of ether oxygens (including phenoxy) is 1. The Morgan fingerprint density at radius 1 is 1.19 bits per heavy atom. The first-order chi connectivity index (χ1) is 14.5. The molecule has 0 aromatic heterocycles. The number of methoxy groups -OCH3 is 1. The van der Waals surface area contributed by atoms with Crippen molar-refractivity contribution >= 4 is 21.6 Å². The van der Waals surface area contributed by atoms with E-state index in [1.807, 2.05) is 0 Å². The van der Waals surface area contributed by atoms with Crippen molar-refractivity contribution in [1.82, 2.24) is 4.31 Å². The molecule has 3 rings (SSSR count). The molecule has 1 unspecified atom stereocenters. The maximum Gasteiger partial charge on any atom is 0.418 e. The zero-order chi connectivity index (χ0) is 22.8. The number of nitrogens with one attached hydrogen (secondary N) is 1. The number of piperidine rings is 1. The zero-order valence-electron chi connectivity index (χ0n) is 17.1. The summed E-state index contributed by atoms with van der Waals surface area (Å²) in [5.74, 6) is -1.23. The van der Waals surface area contributed by atoms with E-state index in [0.717, 1.165) is 11.6 Å². The molecule has 2 aromatic carbocycles. The number of benzene rings is 2. The first kappa shape index (κ1) is 23.1. The molecule has 168 valence electrons. The average molecular weight is 456 g/mol. The summed E-state index contributed by atoms with van der Waals surface area (Å²) in [4.78, 5) is 12.7. The molecule has 2 aromatic rings. The Hall–Kier alpha value is -2.59. The van der Waals surface area contributed by atoms with Gasteiger partial charge in [0.1, 0.15) is 10.6 Å². The van der Waals surface area contributed by atoms with Gasteiger partial charge in [0.15, 0.2) is 0 Å². The molecule has 0 saturated carbocycles. The zero-order valence-corrected chi connectivity index (χ0v) is 17.9. The van der Waals surface area contributed by atoms with Crippen molar-refractivity contribution in [3.63, 3.8) is 0 Å². The van der Waals surface area contributed by atoms with Gasteiger partial charge in [-0.1, -0.05) is 18.2 Å². The standard InChI is InChI=1S/C21H23F3N2O4S/c1-14-9-10-18(30-2)19(12-14)31(28,29)26-11-5-6-15(13-26)20(27)25-17-8-4-3-7-16(17)21(22,23)24/h3-4,7-10,12,15H,5-6,11,13H2,1-2H3,(H,25,27). The molecule has 1 N–H and O–H groups in total. The second kappa shape index (κ2) is 8.88. The van der Waals surface area contributed by atoms with E-state index < -0.39 is 33.6 Å². The molecule has 10 heteroatoms. The summed E-state index contributed by atoms with van der Waals surface area (Å²) >= 11 is 0. The van der Waals surface area contributed by atoms with Crippen molar-refractivity contribution in [3.05, 3.63) is 53.6 Å². The summed E-state index contributed by atoms with van der Waals surface area (Å²) in [6, 6.07) is 9.48. The van der Waals surface area contributed by atoms with Crippen molar-refractivity contribution in [2.45, 2.75) is 30.8 Å². The van der Waals surface area contributed by atoms with Crippen LogP contribution in [0.15, 0.2) is 47.4 Å². The van der Waals surface area contributed by atoms with Crippen LogP contribution in [0.1, 0.15) is 24.0 Å². The number of rotatable bonds is 5. The highest BCUT2D eigenvalue weighted by molar-refractivity contribution is 7.89. The van der Waals surface area contributed by atoms with Crippen LogP contribution in [-0.2, 0) is 21.0 Å². The van der Waals surface area contributed by atoms with Gasteiger partial charge in [-0.3, -0.25) is 4.79 Å². The SMILES string of the molecule is COc1ccc(C)cc1S(=O)(=O)N1CCCC(C(=O)Nc2ccccc2C(F)(F)F)C1. The number of nitrogens with zero attached hydrogens (tertiary/aromatic N) is 1. The van der Waals surface area contributed by atoms with Gasteiger partial charge >= 0.3 is 6.18 Å². The summed E-state index contributed by atoms with van der Waals surface area (Å²) in [5.41, 5.74) is -0.567. The third-order valence-corrected chi connectivity index (χ3v) is 7.07. The van der Waals surface area contributed by atoms with Crippen molar-refractivity contribution in [2.75, 3.05) is 25.5 Å². The maximum atomic E-state index is 13.2. The largest absolute Gasteiger partial charge is 0.495 e. The van der Waals surface area contributed by atoms with Crippen LogP contribution in [0.5, 0.6) is 5.75 Å². The molecule has 1 saturated heterocycles. The van der Waals surface area contributed by atoms with E-state index in [1.54, 1.807) is 19.1 Å². The highest BCUT2D eigenvalue weighted by atomic mass is 32.2. The number of anilines is 1. The molecule has 6 nitrogen and oxygen atoms in total. The number of para-hydroxylation sites is 1. The lowest BCUT2D eigenvalue weighted by Crippen LogP contribution is -2.43. The molecule has 0 aliphatic carbocycles. The summed E-state index contributed by atoms with van der Waals surface area (Å²) in [6.07, 6.45) is -3.84. The fraction of sp³-hybridized carbons (Fsp3) is 0.381. The number of halogens is 3. The van der Waals surface area contributed by atoms with Gasteiger partial charge in [0.2, 0.25) is 15.9 Å². The molecule has 1 amide bonds. The number of alkyl halides is 3. The first-order valence-corrected chi connectivity index (χ1v) is 11.1. The lowest BCUT2D eigenvalue weighted by Gasteiger charge is -2.31. The third kappa shape index (κ3) is 5.01. The quantitative estimate of drug-likeness (QED) is 0.736. The average Bonchev–Trinajstić information content (AvgIpc) is 2.73. The van der Waals surface area contributed by atoms with Gasteiger partial charge in [-0.15, -0.1) is 0 Å². The van der Waals surface area contributed by atoms with Crippen LogP contribution in [0.3, 0.4) is 0 Å². The van der Waals surface area contributed by atoms with E-state index in [0.29, 0.717) is 12.8 Å². The number of aryl methyl sites for hydroxylation is 1. The fourth-order valence-electron chi connectivity index (χ4n) is 3.57. The number of carbonyl (C=O) groups excluding carboxylic acids is 1. The molecule has 1 heterocycles. The van der Waals surface area contributed by atoms with Crippen LogP contribution in [0.2, 0.25) is 0 Å². The van der Waals surface area contributed by atoms with Gasteiger partial charge in [0.05, 0.1) is 24.3 Å². The van der Waals surface area contributed by atoms with Crippen LogP contribution >= 0.6 is 0 Å². The predicted octanol–water partition coefficient (Wildman–Crippen LogP) is 4.06. The summed E-state index contributed by atoms with van der Waals surface area (Å²) in [6.45, 7) is 1.84. The fourth-order valence-corrected chi connectivity index (χ4v) is 5.34. The number of hydrogen-bond donors (Lipinski definition) is 1. The van der Waals surface area contributed by atoms with E-state index in [1.165, 1.54) is 35.7 Å². The minimum absolute atomic E-state index is 0.00141. The van der Waals surface area contributed by atoms with Gasteiger partial charge in [0, 0.05) is 13.1 Å². The molecule has 0 bridgehead atoms. The van der Waals surface area contributed by atoms with E-state index in [-0.39, 0.29) is 29.4 Å². The summed E-state index contributed by atoms with van der Waals surface area (Å²) in [7, 11) is -2.58. The smallest absolute Gasteiger partial charge is 0.418 e. The van der Waals surface area contributed by atoms with Gasteiger partial charge in [-0.05, 0) is 49.6 Å². The number of amides is 1. The van der Waals surface area contributed by atoms with Gasteiger partial charge in [-0.2, -0.15) is 17.5 Å². The Balaban J connectivity index is 1.81. The highest BCUT2D eigenvalue weighted by Gasteiger charge is 2.37. The van der Waals surface area contributed by atoms with E-state index in [9.17, 15) is 26.4 Å². The van der Waals surface area contributed by atoms with E-state index in [2.05, 4.69) is 5.32 Å². The Morgan fingerprint density at radius 2 is 1.90 bits per heavy atom. The Bertz CT molecular complexity index is 1070. The number of carbonyl (C=O) groups is 1. The molecule has 1 fully saturated rings. The predicted molar refractivity (Wildman–Crippen MR) is 109 cm³/mol. The van der Waals surface area contributed by atoms with Gasteiger partial charge < -0.3 is 10.1 Å². The molecule has 1 atom stereocenters. The van der Waals surface area contributed by atoms with Crippen molar-refractivity contribution in [3.8, 4) is 5.75 Å². The number of sulfonamides is 1. The molecule has 1 aliphatic heterocycles. The van der Waals surface area contributed by atoms with Gasteiger partial charge in [0.25, 0.3) is 0 Å². The Morgan fingerprint density at radius 3 is 2.58 bits per heavy atom. The highest BCUT2D eigenvalue weighted by Crippen LogP contribution is 2.35. The molecule has 0 spiro atoms. The normalized spacial score (nSPS) is 17.9. The topological polar surface area (TPSA) is 75.7 Å². The van der Waals surface area contributed by atoms with Crippen LogP contribution in [-0.4, -0.2) is 38.8 Å². The third-order valence-electron chi connectivity index (χ3n) is 5.18. The lowest BCUT2D eigenvalue weighted by molar-refractivity contribution is -0.137. The van der Waals surface area contributed by atoms with Crippen LogP contribution in [0.25, 0.3) is 0 Å².